The van der Waals surface area contributed by atoms with Gasteiger partial charge in [-0.2, -0.15) is 0 Å². The van der Waals surface area contributed by atoms with Crippen molar-refractivity contribution in [2.24, 2.45) is 0 Å². The number of hydrogen-bond donors (Lipinski definition) is 1. The Balaban J connectivity index is 1.38. The molecule has 180 valence electrons. The molecule has 0 unspecified atom stereocenters. The molecule has 3 aromatic rings. The summed E-state index contributed by atoms with van der Waals surface area (Å²) in [5.74, 6) is 0.243. The van der Waals surface area contributed by atoms with Crippen LogP contribution in [0.2, 0.25) is 0 Å². The van der Waals surface area contributed by atoms with E-state index in [1.54, 1.807) is 27.5 Å². The highest BCUT2D eigenvalue weighted by Crippen LogP contribution is 2.28. The highest BCUT2D eigenvalue weighted by Gasteiger charge is 2.28. The smallest absolute Gasteiger partial charge is 0.333 e. The summed E-state index contributed by atoms with van der Waals surface area (Å²) in [6, 6.07) is 8.83. The van der Waals surface area contributed by atoms with Gasteiger partial charge in [-0.25, -0.2) is 19.2 Å². The third kappa shape index (κ3) is 4.64. The monoisotopic (exact) mass is 464 g/mol. The highest BCUT2D eigenvalue weighted by atomic mass is 19.1. The zero-order valence-electron chi connectivity index (χ0n) is 20.0. The Bertz CT molecular complexity index is 1170. The quantitative estimate of drug-likeness (QED) is 0.576. The number of nitrogens with one attached hydrogen (secondary N) is 1. The summed E-state index contributed by atoms with van der Waals surface area (Å²) in [6.07, 6.45) is 10.9. The van der Waals surface area contributed by atoms with Crippen LogP contribution in [0.25, 0.3) is 17.1 Å². The molecule has 0 atom stereocenters. The molecule has 1 aromatic carbocycles. The van der Waals surface area contributed by atoms with Gasteiger partial charge in [-0.05, 0) is 95.8 Å². The number of hydrogen-bond acceptors (Lipinski definition) is 5. The highest BCUT2D eigenvalue weighted by molar-refractivity contribution is 5.59. The average molecular weight is 465 g/mol. The first kappa shape index (κ1) is 22.8. The Labute approximate surface area is 199 Å². The van der Waals surface area contributed by atoms with Gasteiger partial charge in [0.25, 0.3) is 0 Å². The van der Waals surface area contributed by atoms with Crippen LogP contribution >= 0.6 is 0 Å². The second-order valence-electron chi connectivity index (χ2n) is 9.77. The fourth-order valence-corrected chi connectivity index (χ4v) is 5.30. The molecule has 0 spiro atoms. The Morgan fingerprint density at radius 1 is 1.03 bits per heavy atom. The van der Waals surface area contributed by atoms with Crippen LogP contribution in [-0.4, -0.2) is 49.2 Å². The molecule has 1 saturated heterocycles. The lowest BCUT2D eigenvalue weighted by Crippen LogP contribution is -2.39. The predicted octanol–water partition coefficient (Wildman–Crippen LogP) is 4.63. The summed E-state index contributed by atoms with van der Waals surface area (Å²) in [6.45, 7) is 6.43. The Kier molecular flexibility index (Phi) is 6.50. The fraction of sp³-hybridized carbons (Fsp3) is 0.500. The lowest BCUT2D eigenvalue weighted by molar-refractivity contribution is 0.186. The van der Waals surface area contributed by atoms with Gasteiger partial charge in [0.1, 0.15) is 5.82 Å². The normalized spacial score (nSPS) is 21.3. The number of likely N-dealkylation sites (tertiary alicyclic amines) is 1. The Morgan fingerprint density at radius 2 is 1.74 bits per heavy atom. The molecule has 2 aliphatic rings. The van der Waals surface area contributed by atoms with Crippen molar-refractivity contribution in [3.8, 4) is 17.1 Å². The van der Waals surface area contributed by atoms with Gasteiger partial charge in [0.05, 0.1) is 17.1 Å². The van der Waals surface area contributed by atoms with E-state index in [1.807, 2.05) is 26.1 Å². The predicted molar refractivity (Wildman–Crippen MR) is 132 cm³/mol. The molecule has 3 heterocycles. The van der Waals surface area contributed by atoms with Crippen molar-refractivity contribution in [1.29, 1.82) is 0 Å². The standard InChI is InChI=1S/C26H33FN6O/c1-18(2)32-17-24(33(26(32)34)22-9-5-19(27)6-10-22)23-13-14-28-25(30-23)29-20-7-11-21(12-8-20)31-15-3-4-16-31/h5-6,9-10,13-14,17-18,20-21H,3-4,7-8,11-12,15-16H2,1-2H3,(H,28,29,30). The van der Waals surface area contributed by atoms with E-state index in [0.717, 1.165) is 12.8 Å². The van der Waals surface area contributed by atoms with Gasteiger partial charge in [-0.3, -0.25) is 9.13 Å². The Hall–Kier alpha value is -3.00. The van der Waals surface area contributed by atoms with Crippen molar-refractivity contribution < 1.29 is 4.39 Å². The molecule has 7 nitrogen and oxygen atoms in total. The minimum Gasteiger partial charge on any atom is -0.351 e. The molecule has 0 amide bonds. The number of rotatable bonds is 6. The maximum absolute atomic E-state index is 13.5. The first-order valence-corrected chi connectivity index (χ1v) is 12.4. The van der Waals surface area contributed by atoms with Crippen molar-refractivity contribution in [2.45, 2.75) is 70.5 Å². The summed E-state index contributed by atoms with van der Waals surface area (Å²) in [5, 5.41) is 3.53. The fourth-order valence-electron chi connectivity index (χ4n) is 5.30. The zero-order chi connectivity index (χ0) is 23.7. The topological polar surface area (TPSA) is 68.0 Å². The molecule has 2 fully saturated rings. The van der Waals surface area contributed by atoms with E-state index in [-0.39, 0.29) is 17.5 Å². The SMILES string of the molecule is CC(C)n1cc(-c2ccnc(NC3CCC(N4CCCC4)CC3)n2)n(-c2ccc(F)cc2)c1=O. The minimum atomic E-state index is -0.338. The van der Waals surface area contributed by atoms with Crippen LogP contribution in [0.15, 0.2) is 47.5 Å². The lowest BCUT2D eigenvalue weighted by atomic mass is 9.90. The molecule has 1 N–H and O–H groups in total. The molecule has 34 heavy (non-hydrogen) atoms. The van der Waals surface area contributed by atoms with Crippen molar-refractivity contribution in [2.75, 3.05) is 18.4 Å². The second-order valence-corrected chi connectivity index (χ2v) is 9.77. The first-order chi connectivity index (χ1) is 16.5. The average Bonchev–Trinajstić information content (AvgIpc) is 3.49. The van der Waals surface area contributed by atoms with E-state index in [4.69, 9.17) is 4.98 Å². The van der Waals surface area contributed by atoms with Crippen LogP contribution in [0.1, 0.15) is 58.4 Å². The van der Waals surface area contributed by atoms with E-state index < -0.39 is 0 Å². The van der Waals surface area contributed by atoms with Crippen LogP contribution in [0.5, 0.6) is 0 Å². The molecule has 5 rings (SSSR count). The molecule has 0 radical (unpaired) electrons. The molecular weight excluding hydrogens is 431 g/mol. The summed E-state index contributed by atoms with van der Waals surface area (Å²) < 4.78 is 16.8. The summed E-state index contributed by atoms with van der Waals surface area (Å²) >= 11 is 0. The number of aromatic nitrogens is 4. The van der Waals surface area contributed by atoms with Gasteiger partial charge in [0.2, 0.25) is 5.95 Å². The third-order valence-electron chi connectivity index (χ3n) is 7.16. The van der Waals surface area contributed by atoms with Gasteiger partial charge in [-0.15, -0.1) is 0 Å². The number of anilines is 1. The van der Waals surface area contributed by atoms with Gasteiger partial charge in [0, 0.05) is 30.5 Å². The van der Waals surface area contributed by atoms with Crippen molar-refractivity contribution in [3.05, 3.63) is 59.0 Å². The minimum absolute atomic E-state index is 0.0156. The van der Waals surface area contributed by atoms with E-state index in [0.29, 0.717) is 35.1 Å². The van der Waals surface area contributed by atoms with Gasteiger partial charge >= 0.3 is 5.69 Å². The van der Waals surface area contributed by atoms with Crippen molar-refractivity contribution in [3.63, 3.8) is 0 Å². The lowest BCUT2D eigenvalue weighted by Gasteiger charge is -2.34. The largest absolute Gasteiger partial charge is 0.351 e. The van der Waals surface area contributed by atoms with E-state index in [2.05, 4.69) is 15.2 Å². The maximum Gasteiger partial charge on any atom is 0.333 e. The van der Waals surface area contributed by atoms with Crippen LogP contribution < -0.4 is 11.0 Å². The van der Waals surface area contributed by atoms with E-state index in [9.17, 15) is 9.18 Å². The second kappa shape index (κ2) is 9.70. The molecule has 1 aliphatic carbocycles. The van der Waals surface area contributed by atoms with Gasteiger partial charge < -0.3 is 10.2 Å². The molecule has 0 bridgehead atoms. The van der Waals surface area contributed by atoms with Crippen LogP contribution in [0, 0.1) is 5.82 Å². The summed E-state index contributed by atoms with van der Waals surface area (Å²) in [7, 11) is 0. The third-order valence-corrected chi connectivity index (χ3v) is 7.16. The van der Waals surface area contributed by atoms with Crippen molar-refractivity contribution >= 4 is 5.95 Å². The van der Waals surface area contributed by atoms with Gasteiger partial charge in [-0.1, -0.05) is 0 Å². The number of benzene rings is 1. The van der Waals surface area contributed by atoms with E-state index >= 15 is 0 Å². The Morgan fingerprint density at radius 3 is 2.41 bits per heavy atom. The molecule has 2 aromatic heterocycles. The summed E-state index contributed by atoms with van der Waals surface area (Å²) in [5.41, 5.74) is 1.75. The first-order valence-electron chi connectivity index (χ1n) is 12.4. The van der Waals surface area contributed by atoms with Crippen LogP contribution in [0.3, 0.4) is 0 Å². The number of nitrogens with zero attached hydrogens (tertiary/aromatic N) is 5. The van der Waals surface area contributed by atoms with Gasteiger partial charge in [0.15, 0.2) is 0 Å². The molecule has 1 aliphatic heterocycles. The van der Waals surface area contributed by atoms with Crippen LogP contribution in [0.4, 0.5) is 10.3 Å². The zero-order valence-corrected chi connectivity index (χ0v) is 20.0. The summed E-state index contributed by atoms with van der Waals surface area (Å²) in [4.78, 5) is 25.1. The number of imidazole rings is 1. The molecule has 8 heteroatoms. The van der Waals surface area contributed by atoms with Crippen molar-refractivity contribution in [1.82, 2.24) is 24.0 Å². The molecular formula is C26H33FN6O. The molecule has 1 saturated carbocycles. The van der Waals surface area contributed by atoms with Crippen LogP contribution in [-0.2, 0) is 0 Å². The number of halogens is 1. The maximum atomic E-state index is 13.5. The van der Waals surface area contributed by atoms with E-state index in [1.165, 1.54) is 50.9 Å².